The number of nitrogens with two attached hydrogens (primary N) is 2. The quantitative estimate of drug-likeness (QED) is 0.00829. The zero-order chi connectivity index (χ0) is 69.9. The molecule has 0 spiro atoms. The van der Waals surface area contributed by atoms with Crippen molar-refractivity contribution < 1.29 is 92.4 Å². The molecule has 5 aromatic rings. The third-order valence-corrected chi connectivity index (χ3v) is 17.8. The molecule has 0 amide bonds. The second-order valence-electron chi connectivity index (χ2n) is 23.2. The Kier molecular flexibility index (Phi) is 27.9. The highest BCUT2D eigenvalue weighted by molar-refractivity contribution is 7.54. The fraction of sp³-hybridized carbons (Fsp3) is 0.460. The van der Waals surface area contributed by atoms with Crippen molar-refractivity contribution in [1.82, 2.24) is 24.2 Å². The molecule has 0 saturated heterocycles. The molecule has 3 aromatic carbocycles. The van der Waals surface area contributed by atoms with Gasteiger partial charge in [-0.05, 0) is 94.0 Å². The summed E-state index contributed by atoms with van der Waals surface area (Å²) in [4.78, 5) is 80.1. The van der Waals surface area contributed by atoms with Crippen LogP contribution in [0.3, 0.4) is 0 Å². The molecule has 31 heteroatoms. The van der Waals surface area contributed by atoms with Gasteiger partial charge in [0.15, 0.2) is 0 Å². The smallest absolute Gasteiger partial charge is 0.464 e. The molecule has 2 fully saturated rings. The lowest BCUT2D eigenvalue weighted by atomic mass is 10.1. The number of rotatable bonds is 30. The van der Waals surface area contributed by atoms with Crippen LogP contribution in [-0.2, 0) is 51.8 Å². The van der Waals surface area contributed by atoms with Crippen LogP contribution >= 0.6 is 15.3 Å². The van der Waals surface area contributed by atoms with Gasteiger partial charge < -0.3 is 49.1 Å². The maximum absolute atomic E-state index is 14.1. The van der Waals surface area contributed by atoms with E-state index in [1.165, 1.54) is 64.8 Å². The maximum Gasteiger partial charge on any atom is 0.513 e. The molecular weight excluding hydrogens is 1280 g/mol. The summed E-state index contributed by atoms with van der Waals surface area (Å²) in [6.45, 7) is 16.8. The van der Waals surface area contributed by atoms with Crippen molar-refractivity contribution in [3.63, 3.8) is 0 Å². The molecule has 8 atom stereocenters. The minimum atomic E-state index is -4.93. The number of carbonyl (C=O) groups is 4. The van der Waals surface area contributed by atoms with Gasteiger partial charge >= 0.3 is 50.6 Å². The fourth-order valence-corrected chi connectivity index (χ4v) is 12.0. The molecule has 2 aliphatic rings. The molecule has 0 radical (unpaired) electrons. The largest absolute Gasteiger partial charge is 0.513 e. The summed E-state index contributed by atoms with van der Waals surface area (Å²) < 4.78 is 142. The molecule has 2 aliphatic carbocycles. The number of hydrogen-bond acceptors (Lipinski definition) is 21. The van der Waals surface area contributed by atoms with E-state index in [9.17, 15) is 65.0 Å². The van der Waals surface area contributed by atoms with E-state index in [0.717, 1.165) is 24.0 Å². The maximum atomic E-state index is 14.1. The number of ether oxygens (including phenoxy) is 4. The lowest BCUT2D eigenvalue weighted by Crippen LogP contribution is -2.37. The molecule has 94 heavy (non-hydrogen) atoms. The number of halogens is 5. The number of nitrogens with one attached hydrogen (secondary N) is 1. The molecule has 0 bridgehead atoms. The molecule has 24 nitrogen and oxygen atoms in total. The van der Waals surface area contributed by atoms with Gasteiger partial charge in [0.2, 0.25) is 34.8 Å². The van der Waals surface area contributed by atoms with Gasteiger partial charge in [0.25, 0.3) is 0 Å². The summed E-state index contributed by atoms with van der Waals surface area (Å²) in [5.41, 5.74) is 10.1. The summed E-state index contributed by atoms with van der Waals surface area (Å²) in [7, 11) is -8.85. The predicted molar refractivity (Wildman–Crippen MR) is 337 cm³/mol. The molecule has 514 valence electrons. The van der Waals surface area contributed by atoms with Gasteiger partial charge in [-0.2, -0.15) is 23.8 Å². The van der Waals surface area contributed by atoms with Crippen molar-refractivity contribution in [2.75, 3.05) is 44.1 Å². The number of aliphatic hydroxyl groups is 1. The summed E-state index contributed by atoms with van der Waals surface area (Å²) in [6.07, 6.45) is 9.03. The van der Waals surface area contributed by atoms with Crippen molar-refractivity contribution >= 4 is 63.3 Å². The molecule has 2 unspecified atom stereocenters. The van der Waals surface area contributed by atoms with E-state index < -0.39 is 108 Å². The monoisotopic (exact) mass is 1360 g/mol. The van der Waals surface area contributed by atoms with Crippen LogP contribution in [0, 0.1) is 57.7 Å². The van der Waals surface area contributed by atoms with Crippen LogP contribution in [0.15, 0.2) is 106 Å². The number of nitrogen functional groups attached to an aromatic ring is 2. The first-order valence-electron chi connectivity index (χ1n) is 30.0. The van der Waals surface area contributed by atoms with E-state index in [1.54, 1.807) is 90.3 Å². The second-order valence-corrected chi connectivity index (χ2v) is 26.8. The third-order valence-electron chi connectivity index (χ3n) is 14.2. The fourth-order valence-electron chi connectivity index (χ4n) is 8.52. The third kappa shape index (κ3) is 22.2. The molecule has 7 rings (SSSR count). The number of esters is 4. The van der Waals surface area contributed by atoms with Crippen molar-refractivity contribution in [2.45, 2.75) is 126 Å². The number of aromatic nitrogens is 4. The van der Waals surface area contributed by atoms with Gasteiger partial charge in [0.1, 0.15) is 42.4 Å². The van der Waals surface area contributed by atoms with Crippen LogP contribution in [0.4, 0.5) is 33.6 Å². The van der Waals surface area contributed by atoms with Crippen LogP contribution in [0.2, 0.25) is 0 Å². The number of hydrogen-bond donors (Lipinski definition) is 4. The lowest BCUT2D eigenvalue weighted by molar-refractivity contribution is -0.152. The molecule has 2 saturated carbocycles. The predicted octanol–water partition coefficient (Wildman–Crippen LogP) is 10.8. The summed E-state index contributed by atoms with van der Waals surface area (Å²) in [5.74, 6) is -16.5. The summed E-state index contributed by atoms with van der Waals surface area (Å²) in [5, 5.41) is 11.6. The van der Waals surface area contributed by atoms with Gasteiger partial charge in [-0.1, -0.05) is 97.7 Å². The van der Waals surface area contributed by atoms with Crippen LogP contribution in [0.1, 0.15) is 108 Å². The van der Waals surface area contributed by atoms with Gasteiger partial charge in [-0.15, -0.1) is 0 Å². The Morgan fingerprint density at radius 2 is 1.03 bits per heavy atom. The molecule has 2 aromatic heterocycles. The highest BCUT2D eigenvalue weighted by Crippen LogP contribution is 2.58. The normalized spacial score (nSPS) is 18.9. The Bertz CT molecular complexity index is 3700. The van der Waals surface area contributed by atoms with E-state index in [-0.39, 0.29) is 73.9 Å². The van der Waals surface area contributed by atoms with E-state index in [0.29, 0.717) is 31.4 Å². The Morgan fingerprint density at radius 3 is 1.48 bits per heavy atom. The SMILES string of the molecule is CC(C)C(=O)OCC1(CO)C/C1=C/n1ccc(N)nc1=O.CCC[C@H](C)OC(=O)[C@H](C)C[P@](=O)(OCC1(COC(=O)C(C)C)C/C1=C/n1ccc(N)nc1=O)Oc1ccccc1.CCC[C@H](C)OC(=O)[C@H](C)N[P@](=O)(Oc1ccccc1)Oc1c(F)c(F)c(F)c(F)c1F. The van der Waals surface area contributed by atoms with E-state index in [4.69, 9.17) is 44.0 Å². The zero-order valence-corrected chi connectivity index (χ0v) is 55.5. The molecular formula is C63H80F5N7O17P2. The van der Waals surface area contributed by atoms with Crippen molar-refractivity contribution in [2.24, 2.45) is 28.6 Å². The van der Waals surface area contributed by atoms with E-state index in [2.05, 4.69) is 19.6 Å². The van der Waals surface area contributed by atoms with Crippen molar-refractivity contribution in [3.8, 4) is 17.2 Å². The number of anilines is 2. The molecule has 0 aliphatic heterocycles. The van der Waals surface area contributed by atoms with Gasteiger partial charge in [-0.25, -0.2) is 31.9 Å². The number of nitrogens with zero attached hydrogens (tertiary/aromatic N) is 4. The van der Waals surface area contributed by atoms with Crippen molar-refractivity contribution in [3.05, 3.63) is 146 Å². The van der Waals surface area contributed by atoms with Gasteiger partial charge in [0.05, 0.1) is 60.2 Å². The summed E-state index contributed by atoms with van der Waals surface area (Å²) >= 11 is 0. The molecule has 6 N–H and O–H groups in total. The number of para-hydroxylation sites is 2. The number of benzene rings is 3. The Morgan fingerprint density at radius 1 is 0.606 bits per heavy atom. The number of aliphatic hydroxyl groups excluding tert-OH is 1. The first kappa shape index (κ1) is 76.5. The first-order chi connectivity index (χ1) is 44.2. The highest BCUT2D eigenvalue weighted by Gasteiger charge is 2.53. The van der Waals surface area contributed by atoms with Gasteiger partial charge in [-0.3, -0.25) is 32.8 Å². The number of carbonyl (C=O) groups excluding carboxylic acids is 4. The topological polar surface area (TPSA) is 330 Å². The Hall–Kier alpha value is -8.23. The Balaban J connectivity index is 0.000000269. The average molecular weight is 1360 g/mol. The van der Waals surface area contributed by atoms with Gasteiger partial charge in [0, 0.05) is 24.8 Å². The van der Waals surface area contributed by atoms with Crippen LogP contribution in [-0.4, -0.2) is 98.9 Å². The summed E-state index contributed by atoms with van der Waals surface area (Å²) in [6, 6.07) is 17.2. The zero-order valence-electron chi connectivity index (χ0n) is 53.7. The lowest BCUT2D eigenvalue weighted by Gasteiger charge is -2.25. The first-order valence-corrected chi connectivity index (χ1v) is 33.3. The standard InChI is InChI=1S/C29H40N3O8P.C20H21F5NO5P.C14H19N3O4/c1-6-10-22(5)39-27(34)21(4)17-41(36,40-24-11-8-7-9-12-24)38-19-29(18-37-26(33)20(2)3)15-23(29)16-32-14-13-25(30)31-28(32)35;1-4-8-11(2)29-20(27)12(3)26-32(28,30-13-9-6-5-7-10-13)31-19-17(24)15(22)14(21)16(23)18(19)25;1-9(2)12(19)21-8-14(7-18)5-10(14)6-17-4-3-11(15)16-13(17)20/h7-9,11-14,16,20-22H,6,10,15,17-19H2,1-5H3,(H2,30,31,35);5-7,9-12H,4,8H2,1-3H3,(H,26,28);3-4,6,9,18H,5,7-8H2,1-2H3,(H2,15,16,20)/b23-16-;;10-6-/t21-,22+,29?,41+;11-,12-,32-;/m10./s1. The van der Waals surface area contributed by atoms with E-state index in [1.807, 2.05) is 20.8 Å². The van der Waals surface area contributed by atoms with Crippen molar-refractivity contribution in [1.29, 1.82) is 0 Å². The second kappa shape index (κ2) is 34.3. The van der Waals surface area contributed by atoms with E-state index >= 15 is 0 Å². The minimum absolute atomic E-state index is 0.0511. The van der Waals surface area contributed by atoms with Crippen LogP contribution in [0.5, 0.6) is 17.2 Å². The minimum Gasteiger partial charge on any atom is -0.464 e. The highest BCUT2D eigenvalue weighted by atomic mass is 31.2. The average Bonchev–Trinajstić information content (AvgIpc) is 1.57. The molecule has 2 heterocycles. The Labute approximate surface area is 540 Å². The van der Waals surface area contributed by atoms with Crippen LogP contribution in [0.25, 0.3) is 12.4 Å². The van der Waals surface area contributed by atoms with Crippen LogP contribution < -0.4 is 41.5 Å².